The quantitative estimate of drug-likeness (QED) is 0.911. The second kappa shape index (κ2) is 5.41. The summed E-state index contributed by atoms with van der Waals surface area (Å²) in [5.41, 5.74) is 4.29. The van der Waals surface area contributed by atoms with Crippen molar-refractivity contribution >= 4 is 5.82 Å². The number of hydrogen-bond donors (Lipinski definition) is 1. The van der Waals surface area contributed by atoms with Gasteiger partial charge in [0.1, 0.15) is 5.82 Å². The Morgan fingerprint density at radius 3 is 2.89 bits per heavy atom. The Hall–Kier alpha value is -1.87. The minimum Gasteiger partial charge on any atom is -0.373 e. The summed E-state index contributed by atoms with van der Waals surface area (Å²) >= 11 is 0. The zero-order valence-corrected chi connectivity index (χ0v) is 11.3. The monoisotopic (exact) mass is 253 g/mol. The van der Waals surface area contributed by atoms with E-state index in [2.05, 4.69) is 51.6 Å². The van der Waals surface area contributed by atoms with Crippen LogP contribution in [0, 0.1) is 0 Å². The van der Waals surface area contributed by atoms with E-state index in [1.807, 2.05) is 13.2 Å². The van der Waals surface area contributed by atoms with E-state index in [1.54, 1.807) is 0 Å². The Morgan fingerprint density at radius 2 is 2.05 bits per heavy atom. The number of nitrogens with one attached hydrogen (secondary N) is 1. The Balaban J connectivity index is 1.71. The summed E-state index contributed by atoms with van der Waals surface area (Å²) in [6.07, 6.45) is 3.03. The maximum absolute atomic E-state index is 4.26. The van der Waals surface area contributed by atoms with Gasteiger partial charge >= 0.3 is 0 Å². The highest BCUT2D eigenvalue weighted by Crippen LogP contribution is 2.20. The van der Waals surface area contributed by atoms with Crippen molar-refractivity contribution < 1.29 is 0 Å². The minimum atomic E-state index is 0.940. The molecule has 1 aliphatic rings. The summed E-state index contributed by atoms with van der Waals surface area (Å²) < 4.78 is 0. The molecule has 0 atom stereocenters. The number of rotatable bonds is 3. The molecule has 1 aromatic carbocycles. The first-order chi connectivity index (χ1) is 9.35. The van der Waals surface area contributed by atoms with Crippen LogP contribution in [0.15, 0.2) is 42.6 Å². The first-order valence-corrected chi connectivity index (χ1v) is 6.77. The number of nitrogens with zero attached hydrogens (tertiary/aromatic N) is 2. The van der Waals surface area contributed by atoms with Crippen LogP contribution in [-0.4, -0.2) is 23.5 Å². The van der Waals surface area contributed by atoms with E-state index in [-0.39, 0.29) is 0 Å². The molecular weight excluding hydrogens is 234 g/mol. The Labute approximate surface area is 114 Å². The summed E-state index contributed by atoms with van der Waals surface area (Å²) in [6, 6.07) is 13.0. The lowest BCUT2D eigenvalue weighted by Crippen LogP contribution is -2.29. The number of fused-ring (bicyclic) bond motifs is 1. The predicted octanol–water partition coefficient (Wildman–Crippen LogP) is 2.68. The first kappa shape index (κ1) is 12.2. The van der Waals surface area contributed by atoms with E-state index in [4.69, 9.17) is 0 Å². The number of hydrogen-bond acceptors (Lipinski definition) is 3. The second-order valence-corrected chi connectivity index (χ2v) is 5.03. The van der Waals surface area contributed by atoms with Gasteiger partial charge in [-0.3, -0.25) is 4.90 Å². The SMILES string of the molecule is CNc1cc(CN2CCc3ccccc3C2)ccn1. The van der Waals surface area contributed by atoms with Gasteiger partial charge in [-0.25, -0.2) is 4.98 Å². The molecule has 1 aromatic heterocycles. The lowest BCUT2D eigenvalue weighted by Gasteiger charge is -2.28. The van der Waals surface area contributed by atoms with Gasteiger partial charge < -0.3 is 5.32 Å². The van der Waals surface area contributed by atoms with Crippen LogP contribution in [0.5, 0.6) is 0 Å². The third kappa shape index (κ3) is 2.76. The maximum atomic E-state index is 4.26. The third-order valence-electron chi connectivity index (χ3n) is 3.70. The molecule has 98 valence electrons. The second-order valence-electron chi connectivity index (χ2n) is 5.03. The molecule has 19 heavy (non-hydrogen) atoms. The van der Waals surface area contributed by atoms with Gasteiger partial charge in [-0.15, -0.1) is 0 Å². The first-order valence-electron chi connectivity index (χ1n) is 6.77. The van der Waals surface area contributed by atoms with Crippen LogP contribution in [0.25, 0.3) is 0 Å². The van der Waals surface area contributed by atoms with Crippen molar-refractivity contribution in [2.45, 2.75) is 19.5 Å². The number of benzene rings is 1. The molecule has 0 unspecified atom stereocenters. The molecule has 0 saturated carbocycles. The van der Waals surface area contributed by atoms with Crippen LogP contribution in [0.4, 0.5) is 5.82 Å². The molecule has 3 nitrogen and oxygen atoms in total. The number of pyridine rings is 1. The summed E-state index contributed by atoms with van der Waals surface area (Å²) in [7, 11) is 1.91. The zero-order chi connectivity index (χ0) is 13.1. The molecule has 2 heterocycles. The van der Waals surface area contributed by atoms with Crippen molar-refractivity contribution in [3.05, 3.63) is 59.3 Å². The van der Waals surface area contributed by atoms with Gasteiger partial charge in [-0.05, 0) is 35.2 Å². The lowest BCUT2D eigenvalue weighted by molar-refractivity contribution is 0.245. The molecule has 2 aromatic rings. The molecule has 0 bridgehead atoms. The molecule has 0 amide bonds. The van der Waals surface area contributed by atoms with Gasteiger partial charge in [0.05, 0.1) is 0 Å². The number of aromatic nitrogens is 1. The summed E-state index contributed by atoms with van der Waals surface area (Å²) in [6.45, 7) is 3.17. The molecule has 1 aliphatic heterocycles. The van der Waals surface area contributed by atoms with Crippen LogP contribution in [0.2, 0.25) is 0 Å². The lowest BCUT2D eigenvalue weighted by atomic mass is 9.99. The van der Waals surface area contributed by atoms with E-state index in [9.17, 15) is 0 Å². The molecular formula is C16H19N3. The standard InChI is InChI=1S/C16H19N3/c1-17-16-10-13(6-8-18-16)11-19-9-7-14-4-2-3-5-15(14)12-19/h2-6,8,10H,7,9,11-12H2,1H3,(H,17,18). The zero-order valence-electron chi connectivity index (χ0n) is 11.3. The highest BCUT2D eigenvalue weighted by Gasteiger charge is 2.15. The van der Waals surface area contributed by atoms with Gasteiger partial charge in [-0.1, -0.05) is 24.3 Å². The van der Waals surface area contributed by atoms with E-state index >= 15 is 0 Å². The van der Waals surface area contributed by atoms with Crippen molar-refractivity contribution in [3.63, 3.8) is 0 Å². The van der Waals surface area contributed by atoms with Crippen LogP contribution < -0.4 is 5.32 Å². The fraction of sp³-hybridized carbons (Fsp3) is 0.312. The number of anilines is 1. The molecule has 0 aliphatic carbocycles. The molecule has 0 radical (unpaired) electrons. The fourth-order valence-corrected chi connectivity index (χ4v) is 2.66. The molecule has 0 saturated heterocycles. The van der Waals surface area contributed by atoms with Crippen LogP contribution in [0.1, 0.15) is 16.7 Å². The van der Waals surface area contributed by atoms with Crippen LogP contribution in [-0.2, 0) is 19.5 Å². The minimum absolute atomic E-state index is 0.940. The smallest absolute Gasteiger partial charge is 0.125 e. The highest BCUT2D eigenvalue weighted by atomic mass is 15.1. The fourth-order valence-electron chi connectivity index (χ4n) is 2.66. The average molecular weight is 253 g/mol. The van der Waals surface area contributed by atoms with Crippen molar-refractivity contribution in [2.24, 2.45) is 0 Å². The molecule has 0 fully saturated rings. The topological polar surface area (TPSA) is 28.2 Å². The van der Waals surface area contributed by atoms with E-state index in [1.165, 1.54) is 16.7 Å². The van der Waals surface area contributed by atoms with Gasteiger partial charge in [-0.2, -0.15) is 0 Å². The molecule has 3 rings (SSSR count). The predicted molar refractivity (Wildman–Crippen MR) is 78.0 cm³/mol. The third-order valence-corrected chi connectivity index (χ3v) is 3.70. The largest absolute Gasteiger partial charge is 0.373 e. The van der Waals surface area contributed by atoms with Crippen molar-refractivity contribution in [1.82, 2.24) is 9.88 Å². The van der Waals surface area contributed by atoms with Gasteiger partial charge in [0.2, 0.25) is 0 Å². The van der Waals surface area contributed by atoms with Crippen LogP contribution >= 0.6 is 0 Å². The molecule has 0 spiro atoms. The molecule has 3 heteroatoms. The summed E-state index contributed by atoms with van der Waals surface area (Å²) in [4.78, 5) is 6.75. The highest BCUT2D eigenvalue weighted by molar-refractivity contribution is 5.36. The van der Waals surface area contributed by atoms with Gasteiger partial charge in [0, 0.05) is 32.9 Å². The van der Waals surface area contributed by atoms with Crippen molar-refractivity contribution in [2.75, 3.05) is 18.9 Å². The Bertz CT molecular complexity index is 565. The Kier molecular flexibility index (Phi) is 3.47. The normalized spacial score (nSPS) is 15.0. The Morgan fingerprint density at radius 1 is 1.21 bits per heavy atom. The van der Waals surface area contributed by atoms with E-state index in [0.717, 1.165) is 31.9 Å². The van der Waals surface area contributed by atoms with Gasteiger partial charge in [0.25, 0.3) is 0 Å². The molecule has 1 N–H and O–H groups in total. The van der Waals surface area contributed by atoms with Crippen molar-refractivity contribution in [1.29, 1.82) is 0 Å². The summed E-state index contributed by atoms with van der Waals surface area (Å²) in [5, 5.41) is 3.09. The summed E-state index contributed by atoms with van der Waals surface area (Å²) in [5.74, 6) is 0.940. The average Bonchev–Trinajstić information content (AvgIpc) is 2.47. The van der Waals surface area contributed by atoms with Gasteiger partial charge in [0.15, 0.2) is 0 Å². The van der Waals surface area contributed by atoms with E-state index in [0.29, 0.717) is 0 Å². The van der Waals surface area contributed by atoms with Crippen LogP contribution in [0.3, 0.4) is 0 Å². The van der Waals surface area contributed by atoms with E-state index < -0.39 is 0 Å². The van der Waals surface area contributed by atoms with Crippen molar-refractivity contribution in [3.8, 4) is 0 Å². The maximum Gasteiger partial charge on any atom is 0.125 e.